The molecule has 0 spiro atoms. The minimum Gasteiger partial charge on any atom is -0.348 e. The molecule has 0 bridgehead atoms. The third-order valence-corrected chi connectivity index (χ3v) is 5.09. The van der Waals surface area contributed by atoms with Gasteiger partial charge < -0.3 is 14.8 Å². The highest BCUT2D eigenvalue weighted by molar-refractivity contribution is 5.75. The Morgan fingerprint density at radius 2 is 1.82 bits per heavy atom. The molecular formula is C22H21F2N3O. The molecule has 2 aromatic carbocycles. The van der Waals surface area contributed by atoms with Crippen molar-refractivity contribution < 1.29 is 13.6 Å². The fraction of sp³-hybridized carbons (Fsp3) is 0.227. The Labute approximate surface area is 162 Å². The van der Waals surface area contributed by atoms with Gasteiger partial charge in [-0.15, -0.1) is 0 Å². The zero-order valence-corrected chi connectivity index (χ0v) is 15.3. The molecule has 4 rings (SSSR count). The lowest BCUT2D eigenvalue weighted by Crippen LogP contribution is -2.47. The first-order chi connectivity index (χ1) is 13.6. The van der Waals surface area contributed by atoms with Crippen LogP contribution in [-0.4, -0.2) is 28.6 Å². The Morgan fingerprint density at radius 3 is 2.61 bits per heavy atom. The van der Waals surface area contributed by atoms with E-state index in [0.29, 0.717) is 25.2 Å². The van der Waals surface area contributed by atoms with E-state index in [0.717, 1.165) is 23.7 Å². The van der Waals surface area contributed by atoms with Gasteiger partial charge in [0.05, 0.1) is 6.04 Å². The topological polar surface area (TPSA) is 37.3 Å². The number of fused-ring (bicyclic) bond motifs is 1. The van der Waals surface area contributed by atoms with Gasteiger partial charge in [-0.2, -0.15) is 0 Å². The molecule has 2 amide bonds. The molecule has 1 aliphatic rings. The molecule has 0 radical (unpaired) electrons. The maximum Gasteiger partial charge on any atom is 0.318 e. The fourth-order valence-corrected chi connectivity index (χ4v) is 3.70. The summed E-state index contributed by atoms with van der Waals surface area (Å²) in [5, 5.41) is 2.96. The molecule has 0 unspecified atom stereocenters. The number of carbonyl (C=O) groups is 1. The lowest BCUT2D eigenvalue weighted by atomic mass is 10.00. The number of nitrogens with one attached hydrogen (secondary N) is 1. The number of hydrogen-bond acceptors (Lipinski definition) is 1. The first kappa shape index (κ1) is 18.2. The van der Waals surface area contributed by atoms with Gasteiger partial charge in [0.25, 0.3) is 0 Å². The first-order valence-corrected chi connectivity index (χ1v) is 9.32. The van der Waals surface area contributed by atoms with Crippen molar-refractivity contribution in [2.75, 3.05) is 13.1 Å². The van der Waals surface area contributed by atoms with Crippen molar-refractivity contribution in [1.29, 1.82) is 0 Å². The highest BCUT2D eigenvalue weighted by Crippen LogP contribution is 2.33. The van der Waals surface area contributed by atoms with Gasteiger partial charge in [-0.25, -0.2) is 13.6 Å². The lowest BCUT2D eigenvalue weighted by Gasteiger charge is -2.37. The van der Waals surface area contributed by atoms with Crippen molar-refractivity contribution in [2.45, 2.75) is 19.0 Å². The molecule has 0 fully saturated rings. The average Bonchev–Trinajstić information content (AvgIpc) is 3.19. The molecule has 28 heavy (non-hydrogen) atoms. The molecular weight excluding hydrogens is 360 g/mol. The van der Waals surface area contributed by atoms with Gasteiger partial charge in [0.1, 0.15) is 0 Å². The Bertz CT molecular complexity index is 971. The minimum absolute atomic E-state index is 0.210. The van der Waals surface area contributed by atoms with Crippen LogP contribution in [0, 0.1) is 11.6 Å². The molecule has 4 nitrogen and oxygen atoms in total. The molecule has 0 saturated carbocycles. The van der Waals surface area contributed by atoms with Gasteiger partial charge >= 0.3 is 6.03 Å². The van der Waals surface area contributed by atoms with Gasteiger partial charge in [-0.05, 0) is 41.8 Å². The van der Waals surface area contributed by atoms with E-state index in [1.165, 1.54) is 12.1 Å². The van der Waals surface area contributed by atoms with E-state index in [1.807, 2.05) is 53.2 Å². The number of rotatable bonds is 4. The van der Waals surface area contributed by atoms with Crippen LogP contribution in [-0.2, 0) is 13.0 Å². The monoisotopic (exact) mass is 381 g/mol. The van der Waals surface area contributed by atoms with Crippen molar-refractivity contribution in [3.05, 3.63) is 95.3 Å². The van der Waals surface area contributed by atoms with Gasteiger partial charge in [0, 0.05) is 31.5 Å². The van der Waals surface area contributed by atoms with Crippen LogP contribution in [0.25, 0.3) is 0 Å². The Morgan fingerprint density at radius 1 is 1.00 bits per heavy atom. The predicted molar refractivity (Wildman–Crippen MR) is 103 cm³/mol. The second kappa shape index (κ2) is 7.84. The summed E-state index contributed by atoms with van der Waals surface area (Å²) in [5.74, 6) is -1.81. The zero-order valence-electron chi connectivity index (χ0n) is 15.3. The standard InChI is InChI=1S/C22H21F2N3O/c23-18-9-8-17(15-19(18)24)21-20-7-4-12-26(20)13-14-27(21)22(28)25-11-10-16-5-2-1-3-6-16/h1-9,12,15,21H,10-11,13-14H2,(H,25,28)/t21-/m1/s1. The van der Waals surface area contributed by atoms with Crippen LogP contribution >= 0.6 is 0 Å². The second-order valence-corrected chi connectivity index (χ2v) is 6.86. The van der Waals surface area contributed by atoms with Crippen LogP contribution in [0.3, 0.4) is 0 Å². The van der Waals surface area contributed by atoms with E-state index >= 15 is 0 Å². The molecule has 1 atom stereocenters. The molecule has 144 valence electrons. The van der Waals surface area contributed by atoms with E-state index in [4.69, 9.17) is 0 Å². The maximum atomic E-state index is 13.9. The Balaban J connectivity index is 1.54. The normalized spacial score (nSPS) is 15.9. The number of aromatic nitrogens is 1. The maximum absolute atomic E-state index is 13.9. The van der Waals surface area contributed by atoms with E-state index < -0.39 is 17.7 Å². The predicted octanol–water partition coefficient (Wildman–Crippen LogP) is 4.12. The third-order valence-electron chi connectivity index (χ3n) is 5.09. The molecule has 0 saturated heterocycles. The summed E-state index contributed by atoms with van der Waals surface area (Å²) in [6, 6.07) is 16.9. The number of nitrogens with zero attached hydrogens (tertiary/aromatic N) is 2. The quantitative estimate of drug-likeness (QED) is 0.725. The number of halogens is 2. The highest BCUT2D eigenvalue weighted by Gasteiger charge is 2.32. The van der Waals surface area contributed by atoms with Gasteiger partial charge in [-0.3, -0.25) is 0 Å². The van der Waals surface area contributed by atoms with Crippen LogP contribution in [0.15, 0.2) is 66.9 Å². The summed E-state index contributed by atoms with van der Waals surface area (Å²) >= 11 is 0. The Hall–Kier alpha value is -3.15. The SMILES string of the molecule is O=C(NCCc1ccccc1)N1CCn2cccc2[C@H]1c1ccc(F)c(F)c1. The first-order valence-electron chi connectivity index (χ1n) is 9.32. The van der Waals surface area contributed by atoms with E-state index in [2.05, 4.69) is 5.32 Å². The molecule has 1 aromatic heterocycles. The van der Waals surface area contributed by atoms with Crippen LogP contribution in [0.4, 0.5) is 13.6 Å². The Kier molecular flexibility index (Phi) is 5.10. The van der Waals surface area contributed by atoms with Gasteiger partial charge in [0.15, 0.2) is 11.6 Å². The minimum atomic E-state index is -0.911. The van der Waals surface area contributed by atoms with Crippen LogP contribution in [0.5, 0.6) is 0 Å². The fourth-order valence-electron chi connectivity index (χ4n) is 3.70. The summed E-state index contributed by atoms with van der Waals surface area (Å²) < 4.78 is 29.3. The smallest absolute Gasteiger partial charge is 0.318 e. The number of hydrogen-bond donors (Lipinski definition) is 1. The summed E-state index contributed by atoms with van der Waals surface area (Å²) in [6.07, 6.45) is 2.67. The molecule has 6 heteroatoms. The molecule has 1 N–H and O–H groups in total. The van der Waals surface area contributed by atoms with Gasteiger partial charge in [-0.1, -0.05) is 36.4 Å². The van der Waals surface area contributed by atoms with E-state index in [1.54, 1.807) is 4.90 Å². The third kappa shape index (κ3) is 3.63. The summed E-state index contributed by atoms with van der Waals surface area (Å²) in [4.78, 5) is 14.6. The van der Waals surface area contributed by atoms with Crippen molar-refractivity contribution in [3.8, 4) is 0 Å². The van der Waals surface area contributed by atoms with E-state index in [9.17, 15) is 13.6 Å². The van der Waals surface area contributed by atoms with Gasteiger partial charge in [0.2, 0.25) is 0 Å². The summed E-state index contributed by atoms with van der Waals surface area (Å²) in [5.41, 5.74) is 2.58. The largest absolute Gasteiger partial charge is 0.348 e. The zero-order chi connectivity index (χ0) is 19.5. The molecule has 2 heterocycles. The van der Waals surface area contributed by atoms with Crippen molar-refractivity contribution in [1.82, 2.24) is 14.8 Å². The number of urea groups is 1. The van der Waals surface area contributed by atoms with Crippen molar-refractivity contribution in [2.24, 2.45) is 0 Å². The molecule has 0 aliphatic carbocycles. The summed E-state index contributed by atoms with van der Waals surface area (Å²) in [6.45, 7) is 1.65. The van der Waals surface area contributed by atoms with Crippen LogP contribution < -0.4 is 5.32 Å². The highest BCUT2D eigenvalue weighted by atomic mass is 19.2. The van der Waals surface area contributed by atoms with Crippen molar-refractivity contribution in [3.63, 3.8) is 0 Å². The van der Waals surface area contributed by atoms with Crippen LogP contribution in [0.1, 0.15) is 22.9 Å². The summed E-state index contributed by atoms with van der Waals surface area (Å²) in [7, 11) is 0. The average molecular weight is 381 g/mol. The van der Waals surface area contributed by atoms with Crippen LogP contribution in [0.2, 0.25) is 0 Å². The van der Waals surface area contributed by atoms with Crippen molar-refractivity contribution >= 4 is 6.03 Å². The van der Waals surface area contributed by atoms with E-state index in [-0.39, 0.29) is 6.03 Å². The number of benzene rings is 2. The number of amides is 2. The molecule has 3 aromatic rings. The molecule has 1 aliphatic heterocycles. The number of carbonyl (C=O) groups excluding carboxylic acids is 1. The lowest BCUT2D eigenvalue weighted by molar-refractivity contribution is 0.168. The second-order valence-electron chi connectivity index (χ2n) is 6.86.